The molecule has 0 rings (SSSR count). The summed E-state index contributed by atoms with van der Waals surface area (Å²) in [6, 6.07) is 0. The Balaban J connectivity index is 3.14. The first-order valence-electron chi connectivity index (χ1n) is 4.36. The van der Waals surface area contributed by atoms with E-state index in [-0.39, 0.29) is 5.92 Å². The molecule has 2 heteroatoms. The number of carbonyl (C=O) groups is 1. The van der Waals surface area contributed by atoms with Crippen LogP contribution in [0.4, 0.5) is 0 Å². The molecule has 1 unspecified atom stereocenters. The van der Waals surface area contributed by atoms with Crippen LogP contribution in [-0.2, 0) is 4.79 Å². The summed E-state index contributed by atoms with van der Waals surface area (Å²) in [6.45, 7) is 2.18. The van der Waals surface area contributed by atoms with Gasteiger partial charge >= 0.3 is 0 Å². The lowest BCUT2D eigenvalue weighted by Crippen LogP contribution is -2.02. The predicted molar refractivity (Wildman–Crippen MR) is 49.0 cm³/mol. The molecule has 1 atom stereocenters. The highest BCUT2D eigenvalue weighted by Gasteiger charge is 2.03. The van der Waals surface area contributed by atoms with Crippen LogP contribution in [-0.4, -0.2) is 12.2 Å². The van der Waals surface area contributed by atoms with Crippen LogP contribution in [0.25, 0.3) is 0 Å². The van der Waals surface area contributed by atoms with E-state index >= 15 is 0 Å². The number of rotatable bonds is 7. The van der Waals surface area contributed by atoms with Crippen LogP contribution in [0.5, 0.6) is 0 Å². The van der Waals surface area contributed by atoms with Crippen molar-refractivity contribution in [3.05, 3.63) is 0 Å². The molecule has 66 valence electrons. The smallest absolute Gasteiger partial charge is 0.124 e. The summed E-state index contributed by atoms with van der Waals surface area (Å²) in [5, 5.41) is 0. The number of aldehydes is 1. The van der Waals surface area contributed by atoms with Crippen LogP contribution in [0.15, 0.2) is 0 Å². The summed E-state index contributed by atoms with van der Waals surface area (Å²) in [5.74, 6) is 0.573. The van der Waals surface area contributed by atoms with Gasteiger partial charge < -0.3 is 4.79 Å². The van der Waals surface area contributed by atoms with Crippen molar-refractivity contribution in [2.45, 2.75) is 39.0 Å². The standard InChI is InChI=1S/C9H17ClO/c1-2-3-4-5-6-9(7-10)8-11/h8-9H,2-7H2,1H3. The molecule has 0 aromatic carbocycles. The second-order valence-electron chi connectivity index (χ2n) is 2.90. The maximum Gasteiger partial charge on any atom is 0.124 e. The monoisotopic (exact) mass is 176 g/mol. The SMILES string of the molecule is CCCCCCC(C=O)CCl. The van der Waals surface area contributed by atoms with Crippen molar-refractivity contribution in [3.8, 4) is 0 Å². The molecule has 0 aromatic heterocycles. The summed E-state index contributed by atoms with van der Waals surface area (Å²) >= 11 is 5.55. The Morgan fingerprint density at radius 1 is 1.36 bits per heavy atom. The topological polar surface area (TPSA) is 17.1 Å². The Labute approximate surface area is 74.1 Å². The van der Waals surface area contributed by atoms with E-state index in [1.165, 1.54) is 19.3 Å². The lowest BCUT2D eigenvalue weighted by Gasteiger charge is -2.04. The summed E-state index contributed by atoms with van der Waals surface area (Å²) in [6.07, 6.45) is 6.83. The highest BCUT2D eigenvalue weighted by Crippen LogP contribution is 2.10. The van der Waals surface area contributed by atoms with E-state index in [9.17, 15) is 4.79 Å². The molecule has 0 fully saturated rings. The van der Waals surface area contributed by atoms with Crippen LogP contribution < -0.4 is 0 Å². The first-order valence-corrected chi connectivity index (χ1v) is 4.89. The van der Waals surface area contributed by atoms with Crippen molar-refractivity contribution in [2.75, 3.05) is 5.88 Å². The third-order valence-electron chi connectivity index (χ3n) is 1.82. The van der Waals surface area contributed by atoms with Gasteiger partial charge in [-0.05, 0) is 6.42 Å². The number of hydrogen-bond acceptors (Lipinski definition) is 1. The molecular weight excluding hydrogens is 160 g/mol. The maximum atomic E-state index is 10.3. The highest BCUT2D eigenvalue weighted by molar-refractivity contribution is 6.18. The zero-order valence-corrected chi connectivity index (χ0v) is 7.94. The molecule has 11 heavy (non-hydrogen) atoms. The largest absolute Gasteiger partial charge is 0.303 e. The number of alkyl halides is 1. The molecule has 1 nitrogen and oxygen atoms in total. The van der Waals surface area contributed by atoms with Gasteiger partial charge in [-0.1, -0.05) is 32.6 Å². The summed E-state index contributed by atoms with van der Waals surface area (Å²) in [4.78, 5) is 10.3. The van der Waals surface area contributed by atoms with Gasteiger partial charge in [0.25, 0.3) is 0 Å². The molecule has 0 aliphatic heterocycles. The van der Waals surface area contributed by atoms with Crippen LogP contribution in [0, 0.1) is 5.92 Å². The van der Waals surface area contributed by atoms with E-state index < -0.39 is 0 Å². The van der Waals surface area contributed by atoms with Crippen LogP contribution >= 0.6 is 11.6 Å². The Bertz CT molecular complexity index is 93.6. The van der Waals surface area contributed by atoms with E-state index in [1.807, 2.05) is 0 Å². The van der Waals surface area contributed by atoms with E-state index in [0.717, 1.165) is 19.1 Å². The Morgan fingerprint density at radius 3 is 2.55 bits per heavy atom. The minimum Gasteiger partial charge on any atom is -0.303 e. The predicted octanol–water partition coefficient (Wildman–Crippen LogP) is 3.01. The third kappa shape index (κ3) is 6.36. The normalized spacial score (nSPS) is 12.9. The van der Waals surface area contributed by atoms with Gasteiger partial charge in [0, 0.05) is 11.8 Å². The quantitative estimate of drug-likeness (QED) is 0.331. The molecule has 0 N–H and O–H groups in total. The lowest BCUT2D eigenvalue weighted by molar-refractivity contribution is -0.110. The molecule has 0 aromatic rings. The van der Waals surface area contributed by atoms with Gasteiger partial charge in [0.1, 0.15) is 6.29 Å². The molecule has 0 saturated carbocycles. The van der Waals surface area contributed by atoms with Gasteiger partial charge in [-0.3, -0.25) is 0 Å². The Morgan fingerprint density at radius 2 is 2.09 bits per heavy atom. The van der Waals surface area contributed by atoms with E-state index in [1.54, 1.807) is 0 Å². The minimum absolute atomic E-state index is 0.0912. The van der Waals surface area contributed by atoms with Crippen molar-refractivity contribution >= 4 is 17.9 Å². The Hall–Kier alpha value is -0.0400. The molecular formula is C9H17ClO. The van der Waals surface area contributed by atoms with Crippen LogP contribution in [0.1, 0.15) is 39.0 Å². The van der Waals surface area contributed by atoms with Crippen molar-refractivity contribution in [2.24, 2.45) is 5.92 Å². The fourth-order valence-electron chi connectivity index (χ4n) is 1.01. The highest BCUT2D eigenvalue weighted by atomic mass is 35.5. The van der Waals surface area contributed by atoms with Gasteiger partial charge in [-0.2, -0.15) is 0 Å². The molecule has 0 bridgehead atoms. The average molecular weight is 177 g/mol. The van der Waals surface area contributed by atoms with Crippen LogP contribution in [0.3, 0.4) is 0 Å². The van der Waals surface area contributed by atoms with Crippen molar-refractivity contribution in [1.82, 2.24) is 0 Å². The zero-order valence-electron chi connectivity index (χ0n) is 7.18. The molecule has 0 saturated heterocycles. The fourth-order valence-corrected chi connectivity index (χ4v) is 1.24. The van der Waals surface area contributed by atoms with Gasteiger partial charge in [0.2, 0.25) is 0 Å². The molecule has 0 amide bonds. The third-order valence-corrected chi connectivity index (χ3v) is 2.22. The molecule has 0 heterocycles. The first kappa shape index (κ1) is 11.0. The van der Waals surface area contributed by atoms with Crippen molar-refractivity contribution in [3.63, 3.8) is 0 Å². The molecule has 0 aliphatic rings. The molecule has 0 radical (unpaired) electrons. The summed E-state index contributed by atoms with van der Waals surface area (Å²) in [5.41, 5.74) is 0. The number of hydrogen-bond donors (Lipinski definition) is 0. The van der Waals surface area contributed by atoms with Gasteiger partial charge in [0.15, 0.2) is 0 Å². The number of carbonyl (C=O) groups excluding carboxylic acids is 1. The first-order chi connectivity index (χ1) is 5.35. The molecule has 0 aliphatic carbocycles. The zero-order chi connectivity index (χ0) is 8.53. The van der Waals surface area contributed by atoms with Gasteiger partial charge in [-0.15, -0.1) is 11.6 Å². The van der Waals surface area contributed by atoms with Gasteiger partial charge in [-0.25, -0.2) is 0 Å². The summed E-state index contributed by atoms with van der Waals surface area (Å²) < 4.78 is 0. The van der Waals surface area contributed by atoms with E-state index in [2.05, 4.69) is 6.92 Å². The van der Waals surface area contributed by atoms with Gasteiger partial charge in [0.05, 0.1) is 0 Å². The minimum atomic E-state index is 0.0912. The fraction of sp³-hybridized carbons (Fsp3) is 0.889. The maximum absolute atomic E-state index is 10.3. The number of halogens is 1. The second kappa shape index (κ2) is 8.06. The lowest BCUT2D eigenvalue weighted by atomic mass is 10.0. The average Bonchev–Trinajstić information content (AvgIpc) is 2.05. The molecule has 0 spiro atoms. The van der Waals surface area contributed by atoms with Crippen molar-refractivity contribution < 1.29 is 4.79 Å². The Kier molecular flexibility index (Phi) is 8.03. The van der Waals surface area contributed by atoms with Crippen molar-refractivity contribution in [1.29, 1.82) is 0 Å². The van der Waals surface area contributed by atoms with Crippen LogP contribution in [0.2, 0.25) is 0 Å². The van der Waals surface area contributed by atoms with E-state index in [0.29, 0.717) is 5.88 Å². The second-order valence-corrected chi connectivity index (χ2v) is 3.21. The van der Waals surface area contributed by atoms with E-state index in [4.69, 9.17) is 11.6 Å². The summed E-state index contributed by atoms with van der Waals surface area (Å²) in [7, 11) is 0. The number of unbranched alkanes of at least 4 members (excludes halogenated alkanes) is 3.